The van der Waals surface area contributed by atoms with Crippen LogP contribution in [0.5, 0.6) is 5.75 Å². The van der Waals surface area contributed by atoms with Gasteiger partial charge in [0.2, 0.25) is 17.7 Å². The molecule has 0 bridgehead atoms. The molecule has 9 N–H and O–H groups in total. The zero-order chi connectivity index (χ0) is 29.1. The number of aliphatic hydroxyl groups excluding tert-OH is 1. The van der Waals surface area contributed by atoms with Crippen LogP contribution in [0.4, 0.5) is 0 Å². The maximum Gasteiger partial charge on any atom is 0.326 e. The molecule has 13 nitrogen and oxygen atoms in total. The van der Waals surface area contributed by atoms with Crippen molar-refractivity contribution in [3.05, 3.63) is 83.9 Å². The summed E-state index contributed by atoms with van der Waals surface area (Å²) >= 11 is 0. The fourth-order valence-electron chi connectivity index (χ4n) is 3.87. The van der Waals surface area contributed by atoms with Gasteiger partial charge in [-0.1, -0.05) is 42.5 Å². The maximum atomic E-state index is 13.2. The van der Waals surface area contributed by atoms with E-state index in [0.717, 1.165) is 5.56 Å². The van der Waals surface area contributed by atoms with Gasteiger partial charge < -0.3 is 42.0 Å². The van der Waals surface area contributed by atoms with Crippen LogP contribution in [0.3, 0.4) is 0 Å². The number of carbonyl (C=O) groups is 4. The number of imidazole rings is 1. The second-order valence-electron chi connectivity index (χ2n) is 9.15. The molecule has 0 radical (unpaired) electrons. The number of H-pyrrole nitrogens is 1. The smallest absolute Gasteiger partial charge is 0.326 e. The van der Waals surface area contributed by atoms with Crippen molar-refractivity contribution < 1.29 is 34.5 Å². The van der Waals surface area contributed by atoms with Crippen LogP contribution in [0, 0.1) is 0 Å². The van der Waals surface area contributed by atoms with Gasteiger partial charge in [-0.05, 0) is 29.7 Å². The second-order valence-corrected chi connectivity index (χ2v) is 9.15. The van der Waals surface area contributed by atoms with Crippen LogP contribution < -0.4 is 21.7 Å². The maximum absolute atomic E-state index is 13.2. The van der Waals surface area contributed by atoms with E-state index >= 15 is 0 Å². The van der Waals surface area contributed by atoms with Crippen LogP contribution in [-0.4, -0.2) is 79.8 Å². The number of rotatable bonds is 14. The number of hydrogen-bond donors (Lipinski definition) is 8. The molecule has 0 aliphatic rings. The van der Waals surface area contributed by atoms with E-state index in [4.69, 9.17) is 5.73 Å². The Labute approximate surface area is 229 Å². The molecule has 40 heavy (non-hydrogen) atoms. The second kappa shape index (κ2) is 14.4. The molecule has 0 spiro atoms. The Morgan fingerprint density at radius 2 is 1.40 bits per heavy atom. The van der Waals surface area contributed by atoms with E-state index in [1.54, 1.807) is 24.3 Å². The van der Waals surface area contributed by atoms with Crippen molar-refractivity contribution in [2.24, 2.45) is 5.73 Å². The lowest BCUT2D eigenvalue weighted by Crippen LogP contribution is -2.58. The Kier molecular flexibility index (Phi) is 10.7. The van der Waals surface area contributed by atoms with Gasteiger partial charge in [0.05, 0.1) is 19.0 Å². The lowest BCUT2D eigenvalue weighted by atomic mass is 10.0. The average Bonchev–Trinajstić information content (AvgIpc) is 3.45. The molecule has 0 aliphatic heterocycles. The molecule has 4 unspecified atom stereocenters. The standard InChI is InChI=1S/C27H32N6O7/c28-20(10-16-4-2-1-3-5-16)24(36)33-23(14-34)26(38)31-21(11-17-6-8-19(35)9-7-17)25(37)32-22(27(39)40)12-18-13-29-15-30-18/h1-9,13,15,20-23,34-35H,10-12,14,28H2,(H,29,30)(H,31,38)(H,32,37)(H,33,36)(H,39,40). The third-order valence-electron chi connectivity index (χ3n) is 6.05. The van der Waals surface area contributed by atoms with Crippen molar-refractivity contribution in [3.8, 4) is 5.75 Å². The number of carboxylic acid groups (broad SMARTS) is 1. The monoisotopic (exact) mass is 552 g/mol. The molecule has 13 heteroatoms. The fourth-order valence-corrected chi connectivity index (χ4v) is 3.87. The first-order chi connectivity index (χ1) is 19.2. The summed E-state index contributed by atoms with van der Waals surface area (Å²) in [5.41, 5.74) is 7.81. The molecule has 0 saturated carbocycles. The molecular weight excluding hydrogens is 520 g/mol. The number of aliphatic hydroxyl groups is 1. The highest BCUT2D eigenvalue weighted by Crippen LogP contribution is 2.12. The zero-order valence-electron chi connectivity index (χ0n) is 21.5. The van der Waals surface area contributed by atoms with Crippen molar-refractivity contribution in [3.63, 3.8) is 0 Å². The highest BCUT2D eigenvalue weighted by atomic mass is 16.4. The summed E-state index contributed by atoms with van der Waals surface area (Å²) in [5.74, 6) is -3.66. The minimum Gasteiger partial charge on any atom is -0.508 e. The van der Waals surface area contributed by atoms with Crippen molar-refractivity contribution in [1.82, 2.24) is 25.9 Å². The van der Waals surface area contributed by atoms with E-state index in [2.05, 4.69) is 25.9 Å². The summed E-state index contributed by atoms with van der Waals surface area (Å²) in [5, 5.41) is 36.3. The van der Waals surface area contributed by atoms with Crippen molar-refractivity contribution >= 4 is 23.7 Å². The summed E-state index contributed by atoms with van der Waals surface area (Å²) < 4.78 is 0. The predicted octanol–water partition coefficient (Wildman–Crippen LogP) is -0.998. The number of nitrogens with zero attached hydrogens (tertiary/aromatic N) is 1. The molecule has 3 amide bonds. The normalized spacial score (nSPS) is 13.8. The van der Waals surface area contributed by atoms with Crippen LogP contribution in [0.15, 0.2) is 67.1 Å². The van der Waals surface area contributed by atoms with Crippen molar-refractivity contribution in [2.75, 3.05) is 6.61 Å². The summed E-state index contributed by atoms with van der Waals surface area (Å²) in [6.45, 7) is -0.777. The number of aromatic hydroxyl groups is 1. The topological polar surface area (TPSA) is 220 Å². The Morgan fingerprint density at radius 3 is 2.00 bits per heavy atom. The first-order valence-electron chi connectivity index (χ1n) is 12.5. The van der Waals surface area contributed by atoms with Crippen LogP contribution in [-0.2, 0) is 38.4 Å². The van der Waals surface area contributed by atoms with Gasteiger partial charge in [-0.2, -0.15) is 0 Å². The number of nitrogens with two attached hydrogens (primary N) is 1. The largest absolute Gasteiger partial charge is 0.508 e. The number of aliphatic carboxylic acids is 1. The Balaban J connectivity index is 1.71. The van der Waals surface area contributed by atoms with Gasteiger partial charge in [0.25, 0.3) is 0 Å². The number of aromatic amines is 1. The molecule has 0 saturated heterocycles. The van der Waals surface area contributed by atoms with Gasteiger partial charge in [-0.25, -0.2) is 9.78 Å². The van der Waals surface area contributed by atoms with Crippen molar-refractivity contribution in [2.45, 2.75) is 43.4 Å². The van der Waals surface area contributed by atoms with Gasteiger partial charge in [-0.15, -0.1) is 0 Å². The molecular formula is C27H32N6O7. The van der Waals surface area contributed by atoms with E-state index in [9.17, 15) is 34.5 Å². The number of carbonyl (C=O) groups excluding carboxylic acids is 3. The molecule has 2 aromatic carbocycles. The summed E-state index contributed by atoms with van der Waals surface area (Å²) in [6.07, 6.45) is 2.84. The first-order valence-corrected chi connectivity index (χ1v) is 12.5. The summed E-state index contributed by atoms with van der Waals surface area (Å²) in [6, 6.07) is 9.83. The molecule has 0 aliphatic carbocycles. The predicted molar refractivity (Wildman–Crippen MR) is 143 cm³/mol. The SMILES string of the molecule is NC(Cc1ccccc1)C(=O)NC(CO)C(=O)NC(Cc1ccc(O)cc1)C(=O)NC(Cc1cnc[nH]1)C(=O)O. The number of phenolic OH excluding ortho intramolecular Hbond substituents is 1. The number of hydrogen-bond acceptors (Lipinski definition) is 8. The van der Waals surface area contributed by atoms with Crippen LogP contribution in [0.1, 0.15) is 16.8 Å². The van der Waals surface area contributed by atoms with Crippen molar-refractivity contribution in [1.29, 1.82) is 0 Å². The van der Waals surface area contributed by atoms with Crippen LogP contribution >= 0.6 is 0 Å². The molecule has 1 aromatic heterocycles. The van der Waals surface area contributed by atoms with E-state index in [-0.39, 0.29) is 25.0 Å². The third kappa shape index (κ3) is 8.92. The lowest BCUT2D eigenvalue weighted by molar-refractivity contribution is -0.142. The van der Waals surface area contributed by atoms with Gasteiger partial charge in [0, 0.05) is 24.7 Å². The van der Waals surface area contributed by atoms with Crippen LogP contribution in [0.25, 0.3) is 0 Å². The van der Waals surface area contributed by atoms with E-state index < -0.39 is 54.5 Å². The van der Waals surface area contributed by atoms with E-state index in [1.807, 2.05) is 6.07 Å². The quantitative estimate of drug-likeness (QED) is 0.123. The average molecular weight is 553 g/mol. The Morgan fingerprint density at radius 1 is 0.800 bits per heavy atom. The fraction of sp³-hybridized carbons (Fsp3) is 0.296. The highest BCUT2D eigenvalue weighted by Gasteiger charge is 2.30. The Hall–Kier alpha value is -4.75. The summed E-state index contributed by atoms with van der Waals surface area (Å²) in [7, 11) is 0. The number of carboxylic acids is 1. The Bertz CT molecular complexity index is 1270. The molecule has 1 heterocycles. The van der Waals surface area contributed by atoms with Gasteiger partial charge in [-0.3, -0.25) is 14.4 Å². The van der Waals surface area contributed by atoms with Gasteiger partial charge >= 0.3 is 5.97 Å². The van der Waals surface area contributed by atoms with Gasteiger partial charge in [0.15, 0.2) is 0 Å². The highest BCUT2D eigenvalue weighted by molar-refractivity contribution is 5.94. The number of benzene rings is 2. The molecule has 0 fully saturated rings. The first kappa shape index (κ1) is 29.8. The van der Waals surface area contributed by atoms with E-state index in [1.165, 1.54) is 36.8 Å². The van der Waals surface area contributed by atoms with E-state index in [0.29, 0.717) is 11.3 Å². The minimum atomic E-state index is -1.43. The molecule has 4 atom stereocenters. The van der Waals surface area contributed by atoms with Gasteiger partial charge in [0.1, 0.15) is 23.9 Å². The number of aromatic nitrogens is 2. The van der Waals surface area contributed by atoms with Crippen LogP contribution in [0.2, 0.25) is 0 Å². The third-order valence-corrected chi connectivity index (χ3v) is 6.05. The lowest BCUT2D eigenvalue weighted by Gasteiger charge is -2.24. The zero-order valence-corrected chi connectivity index (χ0v) is 21.5. The molecule has 212 valence electrons. The number of nitrogens with one attached hydrogen (secondary N) is 4. The molecule has 3 aromatic rings. The minimum absolute atomic E-state index is 0.00539. The number of phenols is 1. The number of amides is 3. The molecule has 3 rings (SSSR count). The summed E-state index contributed by atoms with van der Waals surface area (Å²) in [4.78, 5) is 57.3.